The van der Waals surface area contributed by atoms with Crippen molar-refractivity contribution < 1.29 is 14.6 Å². The molecule has 1 aromatic heterocycles. The number of carboxylic acids is 1. The zero-order valence-electron chi connectivity index (χ0n) is 18.5. The zero-order valence-corrected chi connectivity index (χ0v) is 20.0. The summed E-state index contributed by atoms with van der Waals surface area (Å²) in [5, 5.41) is 14.9. The van der Waals surface area contributed by atoms with Crippen LogP contribution in [0.4, 0.5) is 5.69 Å². The van der Waals surface area contributed by atoms with Gasteiger partial charge >= 0.3 is 5.97 Å². The average molecular weight is 498 g/mol. The normalized spacial score (nSPS) is 23.6. The second-order valence-corrected chi connectivity index (χ2v) is 10.4. The number of halogens is 2. The topological polar surface area (TPSA) is 67.6 Å². The Morgan fingerprint density at radius 2 is 1.82 bits per heavy atom. The fourth-order valence-corrected chi connectivity index (χ4v) is 6.12. The third-order valence-electron chi connectivity index (χ3n) is 7.42. The minimum atomic E-state index is -0.897. The van der Waals surface area contributed by atoms with Crippen molar-refractivity contribution in [2.75, 3.05) is 11.4 Å². The molecule has 1 N–H and O–H groups in total. The van der Waals surface area contributed by atoms with E-state index in [0.717, 1.165) is 30.8 Å². The van der Waals surface area contributed by atoms with E-state index in [4.69, 9.17) is 33.0 Å². The highest BCUT2D eigenvalue weighted by Crippen LogP contribution is 2.45. The molecule has 1 unspecified atom stereocenters. The number of carbonyl (C=O) groups is 1. The van der Waals surface area contributed by atoms with Gasteiger partial charge in [-0.05, 0) is 73.6 Å². The van der Waals surface area contributed by atoms with Gasteiger partial charge in [0, 0.05) is 24.2 Å². The van der Waals surface area contributed by atoms with Crippen LogP contribution in [0.1, 0.15) is 53.2 Å². The van der Waals surface area contributed by atoms with E-state index in [0.29, 0.717) is 45.8 Å². The van der Waals surface area contributed by atoms with Crippen LogP contribution < -0.4 is 4.90 Å². The summed E-state index contributed by atoms with van der Waals surface area (Å²) >= 11 is 13.0. The first-order valence-electron chi connectivity index (χ1n) is 11.7. The number of anilines is 1. The number of para-hydroxylation sites is 1. The Morgan fingerprint density at radius 3 is 2.44 bits per heavy atom. The van der Waals surface area contributed by atoms with E-state index in [1.165, 1.54) is 18.4 Å². The predicted octanol–water partition coefficient (Wildman–Crippen LogP) is 5.94. The summed E-state index contributed by atoms with van der Waals surface area (Å²) in [4.78, 5) is 13.5. The van der Waals surface area contributed by atoms with Gasteiger partial charge in [0.05, 0.1) is 40.2 Å². The van der Waals surface area contributed by atoms with Gasteiger partial charge in [0.25, 0.3) is 0 Å². The minimum absolute atomic E-state index is 0.191. The van der Waals surface area contributed by atoms with Crippen molar-refractivity contribution in [1.82, 2.24) is 9.78 Å². The van der Waals surface area contributed by atoms with Crippen molar-refractivity contribution in [3.05, 3.63) is 75.5 Å². The summed E-state index contributed by atoms with van der Waals surface area (Å²) in [5.41, 5.74) is 4.38. The van der Waals surface area contributed by atoms with E-state index in [1.54, 1.807) is 12.1 Å². The number of fused-ring (bicyclic) bond motifs is 2. The standard InChI is InChI=1S/C26H25Cl2N3O3/c27-21-2-1-3-22(28)25(21)31-23(20(12-29-31)15-4-5-15)14-34-24-11-19-10-17(24)13-30(19)18-8-6-16(7-9-18)26(32)33/h1-3,6-9,12,15,17,19,24H,4-5,10-11,13-14H2,(H,32,33)/t17-,19-,24?/m0/s1. The van der Waals surface area contributed by atoms with Crippen LogP contribution in [0, 0.1) is 5.92 Å². The van der Waals surface area contributed by atoms with Crippen LogP contribution in [0.15, 0.2) is 48.7 Å². The molecule has 0 amide bonds. The number of benzene rings is 2. The van der Waals surface area contributed by atoms with Gasteiger partial charge in [0.2, 0.25) is 0 Å². The Bertz CT molecular complexity index is 1220. The van der Waals surface area contributed by atoms with Crippen molar-refractivity contribution in [2.24, 2.45) is 5.92 Å². The summed E-state index contributed by atoms with van der Waals surface area (Å²) in [6.07, 6.45) is 6.55. The lowest BCUT2D eigenvalue weighted by Gasteiger charge is -2.33. The van der Waals surface area contributed by atoms with E-state index in [2.05, 4.69) is 10.00 Å². The maximum atomic E-state index is 11.1. The maximum Gasteiger partial charge on any atom is 0.335 e. The fourth-order valence-electron chi connectivity index (χ4n) is 5.56. The van der Waals surface area contributed by atoms with E-state index in [-0.39, 0.29) is 6.10 Å². The first kappa shape index (κ1) is 22.0. The first-order valence-corrected chi connectivity index (χ1v) is 12.5. The van der Waals surface area contributed by atoms with E-state index in [9.17, 15) is 4.79 Å². The summed E-state index contributed by atoms with van der Waals surface area (Å²) in [6.45, 7) is 1.40. The number of piperidine rings is 1. The molecule has 3 atom stereocenters. The van der Waals surface area contributed by atoms with Gasteiger partial charge in [0.1, 0.15) is 5.69 Å². The molecule has 6 nitrogen and oxygen atoms in total. The van der Waals surface area contributed by atoms with Crippen LogP contribution in [0.25, 0.3) is 5.69 Å². The largest absolute Gasteiger partial charge is 0.478 e. The van der Waals surface area contributed by atoms with Gasteiger partial charge in [-0.25, -0.2) is 9.48 Å². The molecule has 2 bridgehead atoms. The van der Waals surface area contributed by atoms with Gasteiger partial charge in [0.15, 0.2) is 0 Å². The highest BCUT2D eigenvalue weighted by Gasteiger charge is 2.45. The molecular weight excluding hydrogens is 473 g/mol. The molecule has 8 heteroatoms. The molecule has 6 rings (SSSR count). The number of aromatic nitrogens is 2. The number of nitrogens with zero attached hydrogens (tertiary/aromatic N) is 3. The molecule has 0 radical (unpaired) electrons. The summed E-state index contributed by atoms with van der Waals surface area (Å²) in [7, 11) is 0. The lowest BCUT2D eigenvalue weighted by molar-refractivity contribution is 0.00993. The third-order valence-corrected chi connectivity index (χ3v) is 8.03. The number of carboxylic acid groups (broad SMARTS) is 1. The number of rotatable bonds is 7. The number of ether oxygens (including phenoxy) is 1. The SMILES string of the molecule is O=C(O)c1ccc(N2C[C@@H]3C[C@H]2CC3OCc2c(C3CC3)cnn2-c2c(Cl)cccc2Cl)cc1. The van der Waals surface area contributed by atoms with E-state index < -0.39 is 5.97 Å². The summed E-state index contributed by atoms with van der Waals surface area (Å²) in [5.74, 6) is 0.0950. The maximum absolute atomic E-state index is 11.1. The Labute approximate surface area is 208 Å². The average Bonchev–Trinajstić information content (AvgIpc) is 3.28. The quantitative estimate of drug-likeness (QED) is 0.437. The monoisotopic (exact) mass is 497 g/mol. The molecule has 2 heterocycles. The second kappa shape index (κ2) is 8.59. The highest BCUT2D eigenvalue weighted by molar-refractivity contribution is 6.37. The molecule has 2 saturated carbocycles. The molecular formula is C26H25Cl2N3O3. The molecule has 176 valence electrons. The van der Waals surface area contributed by atoms with Gasteiger partial charge in [-0.15, -0.1) is 0 Å². The zero-order chi connectivity index (χ0) is 23.4. The Kier molecular flexibility index (Phi) is 5.55. The Hall–Kier alpha value is -2.54. The Balaban J connectivity index is 1.17. The van der Waals surface area contributed by atoms with Crippen LogP contribution in [-0.2, 0) is 11.3 Å². The minimum Gasteiger partial charge on any atom is -0.478 e. The highest BCUT2D eigenvalue weighted by atomic mass is 35.5. The molecule has 3 aliphatic rings. The predicted molar refractivity (Wildman–Crippen MR) is 131 cm³/mol. The molecule has 34 heavy (non-hydrogen) atoms. The molecule has 0 spiro atoms. The van der Waals surface area contributed by atoms with Crippen molar-refractivity contribution in [2.45, 2.75) is 50.4 Å². The second-order valence-electron chi connectivity index (χ2n) is 9.54. The molecule has 2 aliphatic carbocycles. The smallest absolute Gasteiger partial charge is 0.335 e. The molecule has 2 aromatic carbocycles. The summed E-state index contributed by atoms with van der Waals surface area (Å²) in [6, 6.07) is 13.1. The van der Waals surface area contributed by atoms with Crippen LogP contribution in [-0.4, -0.2) is 39.5 Å². The van der Waals surface area contributed by atoms with Gasteiger partial charge < -0.3 is 14.7 Å². The van der Waals surface area contributed by atoms with Gasteiger partial charge in [-0.3, -0.25) is 0 Å². The van der Waals surface area contributed by atoms with Crippen LogP contribution in [0.3, 0.4) is 0 Å². The molecule has 3 aromatic rings. The lowest BCUT2D eigenvalue weighted by atomic mass is 10.0. The van der Waals surface area contributed by atoms with Crippen molar-refractivity contribution in [3.8, 4) is 5.69 Å². The number of hydrogen-bond acceptors (Lipinski definition) is 4. The van der Waals surface area contributed by atoms with E-state index in [1.807, 2.05) is 41.2 Å². The van der Waals surface area contributed by atoms with Crippen molar-refractivity contribution in [3.63, 3.8) is 0 Å². The van der Waals surface area contributed by atoms with Gasteiger partial charge in [-0.2, -0.15) is 5.10 Å². The fraction of sp³-hybridized carbons (Fsp3) is 0.385. The lowest BCUT2D eigenvalue weighted by Crippen LogP contribution is -2.38. The van der Waals surface area contributed by atoms with Gasteiger partial charge in [-0.1, -0.05) is 29.3 Å². The number of aromatic carboxylic acids is 1. The molecule has 1 saturated heterocycles. The van der Waals surface area contributed by atoms with Crippen molar-refractivity contribution in [1.29, 1.82) is 0 Å². The Morgan fingerprint density at radius 1 is 1.09 bits per heavy atom. The molecule has 1 aliphatic heterocycles. The third kappa shape index (κ3) is 3.88. The van der Waals surface area contributed by atoms with E-state index >= 15 is 0 Å². The van der Waals surface area contributed by atoms with Crippen molar-refractivity contribution >= 4 is 34.9 Å². The molecule has 3 fully saturated rings. The van der Waals surface area contributed by atoms with Crippen LogP contribution in [0.2, 0.25) is 10.0 Å². The van der Waals surface area contributed by atoms with Crippen LogP contribution >= 0.6 is 23.2 Å². The first-order chi connectivity index (χ1) is 16.5. The number of hydrogen-bond donors (Lipinski definition) is 1. The van der Waals surface area contributed by atoms with Crippen LogP contribution in [0.5, 0.6) is 0 Å². The summed E-state index contributed by atoms with van der Waals surface area (Å²) < 4.78 is 8.39.